The second kappa shape index (κ2) is 4.61. The van der Waals surface area contributed by atoms with Gasteiger partial charge in [-0.1, -0.05) is 19.1 Å². The number of hydrogen-bond acceptors (Lipinski definition) is 2. The lowest BCUT2D eigenvalue weighted by atomic mass is 9.49. The van der Waals surface area contributed by atoms with Crippen LogP contribution >= 0.6 is 0 Å². The third kappa shape index (κ3) is 1.76. The number of esters is 1. The summed E-state index contributed by atoms with van der Waals surface area (Å²) in [6.07, 6.45) is 14.6. The maximum absolute atomic E-state index is 12.9. The third-order valence-corrected chi connectivity index (χ3v) is 7.95. The fraction of sp³-hybridized carbons (Fsp3) is 0.850. The van der Waals surface area contributed by atoms with Gasteiger partial charge in [0.1, 0.15) is 5.60 Å². The molecule has 5 fully saturated rings. The van der Waals surface area contributed by atoms with Crippen molar-refractivity contribution >= 4 is 5.97 Å². The van der Waals surface area contributed by atoms with Gasteiger partial charge in [0.2, 0.25) is 0 Å². The molecule has 0 aliphatic heterocycles. The van der Waals surface area contributed by atoms with E-state index in [1.807, 2.05) is 0 Å². The highest BCUT2D eigenvalue weighted by Gasteiger charge is 2.59. The van der Waals surface area contributed by atoms with Gasteiger partial charge in [0.15, 0.2) is 0 Å². The Labute approximate surface area is 133 Å². The first kappa shape index (κ1) is 13.6. The van der Waals surface area contributed by atoms with Crippen molar-refractivity contribution < 1.29 is 9.53 Å². The first-order valence-corrected chi connectivity index (χ1v) is 9.59. The number of hydrogen-bond donors (Lipinski definition) is 0. The van der Waals surface area contributed by atoms with E-state index >= 15 is 0 Å². The zero-order valence-corrected chi connectivity index (χ0v) is 13.7. The first-order valence-electron chi connectivity index (χ1n) is 9.59. The fourth-order valence-corrected chi connectivity index (χ4v) is 7.11. The molecule has 0 saturated heterocycles. The van der Waals surface area contributed by atoms with E-state index < -0.39 is 0 Å². The lowest BCUT2D eigenvalue weighted by molar-refractivity contribution is -0.215. The van der Waals surface area contributed by atoms with E-state index in [4.69, 9.17) is 4.74 Å². The van der Waals surface area contributed by atoms with Crippen LogP contribution in [-0.2, 0) is 9.53 Å². The molecule has 22 heavy (non-hydrogen) atoms. The van der Waals surface area contributed by atoms with Crippen LogP contribution in [0.2, 0.25) is 0 Å². The zero-order valence-electron chi connectivity index (χ0n) is 13.7. The highest BCUT2D eigenvalue weighted by Crippen LogP contribution is 2.61. The number of carbonyl (C=O) groups is 1. The molecule has 6 rings (SSSR count). The van der Waals surface area contributed by atoms with Gasteiger partial charge in [-0.3, -0.25) is 4.79 Å². The Balaban J connectivity index is 1.38. The number of allylic oxidation sites excluding steroid dienone is 2. The molecule has 2 nitrogen and oxygen atoms in total. The normalized spacial score (nSPS) is 54.1. The Morgan fingerprint density at radius 1 is 1.00 bits per heavy atom. The summed E-state index contributed by atoms with van der Waals surface area (Å²) in [5, 5.41) is 0. The van der Waals surface area contributed by atoms with Crippen molar-refractivity contribution in [3.63, 3.8) is 0 Å². The van der Waals surface area contributed by atoms with Gasteiger partial charge in [0.05, 0.1) is 5.92 Å². The Bertz CT molecular complexity index is 492. The summed E-state index contributed by atoms with van der Waals surface area (Å²) >= 11 is 0. The van der Waals surface area contributed by atoms with Gasteiger partial charge < -0.3 is 4.74 Å². The molecule has 0 heterocycles. The first-order chi connectivity index (χ1) is 10.7. The van der Waals surface area contributed by atoms with Gasteiger partial charge in [-0.25, -0.2) is 0 Å². The monoisotopic (exact) mass is 300 g/mol. The molecule has 0 N–H and O–H groups in total. The smallest absolute Gasteiger partial charge is 0.310 e. The maximum Gasteiger partial charge on any atom is 0.310 e. The Morgan fingerprint density at radius 2 is 1.68 bits per heavy atom. The minimum absolute atomic E-state index is 0.101. The minimum Gasteiger partial charge on any atom is -0.458 e. The Hall–Kier alpha value is -0.790. The minimum atomic E-state index is -0.101. The van der Waals surface area contributed by atoms with Gasteiger partial charge in [-0.2, -0.15) is 0 Å². The summed E-state index contributed by atoms with van der Waals surface area (Å²) in [5.74, 6) is 4.62. The Kier molecular flexibility index (Phi) is 2.86. The van der Waals surface area contributed by atoms with Crippen LogP contribution in [0.4, 0.5) is 0 Å². The van der Waals surface area contributed by atoms with E-state index in [-0.39, 0.29) is 17.5 Å². The van der Waals surface area contributed by atoms with Crippen molar-refractivity contribution in [3.05, 3.63) is 12.2 Å². The number of ether oxygens (including phenoxy) is 1. The van der Waals surface area contributed by atoms with Crippen molar-refractivity contribution in [2.24, 2.45) is 41.4 Å². The fourth-order valence-electron chi connectivity index (χ4n) is 7.11. The molecule has 6 bridgehead atoms. The largest absolute Gasteiger partial charge is 0.458 e. The van der Waals surface area contributed by atoms with Gasteiger partial charge in [-0.05, 0) is 86.9 Å². The van der Waals surface area contributed by atoms with Crippen LogP contribution in [0.3, 0.4) is 0 Å². The summed E-state index contributed by atoms with van der Waals surface area (Å²) in [7, 11) is 0. The van der Waals surface area contributed by atoms with Crippen LogP contribution < -0.4 is 0 Å². The molecule has 3 atom stereocenters. The van der Waals surface area contributed by atoms with E-state index in [2.05, 4.69) is 19.1 Å². The maximum atomic E-state index is 12.9. The molecule has 0 aromatic carbocycles. The van der Waals surface area contributed by atoms with Crippen LogP contribution in [0.5, 0.6) is 0 Å². The predicted octanol–water partition coefficient (Wildman–Crippen LogP) is 4.35. The number of rotatable bonds is 3. The molecule has 0 radical (unpaired) electrons. The van der Waals surface area contributed by atoms with Crippen LogP contribution in [0, 0.1) is 41.4 Å². The molecule has 2 heteroatoms. The van der Waals surface area contributed by atoms with Crippen molar-refractivity contribution in [1.82, 2.24) is 0 Å². The third-order valence-electron chi connectivity index (χ3n) is 7.95. The van der Waals surface area contributed by atoms with E-state index in [1.165, 1.54) is 38.5 Å². The highest BCUT2D eigenvalue weighted by atomic mass is 16.6. The quantitative estimate of drug-likeness (QED) is 0.572. The molecule has 120 valence electrons. The van der Waals surface area contributed by atoms with E-state index in [0.717, 1.165) is 24.7 Å². The average molecular weight is 300 g/mol. The van der Waals surface area contributed by atoms with Gasteiger partial charge in [0, 0.05) is 0 Å². The summed E-state index contributed by atoms with van der Waals surface area (Å²) in [4.78, 5) is 12.9. The second-order valence-electron chi connectivity index (χ2n) is 8.92. The van der Waals surface area contributed by atoms with Crippen molar-refractivity contribution in [2.45, 2.75) is 63.9 Å². The SMILES string of the molecule is CCC1(OC(=O)C2C[C@H]3C=C[C@@H]2C3)C2CC3CC(C2)CC1C3. The van der Waals surface area contributed by atoms with E-state index in [0.29, 0.717) is 23.7 Å². The van der Waals surface area contributed by atoms with Crippen molar-refractivity contribution in [3.8, 4) is 0 Å². The van der Waals surface area contributed by atoms with Crippen LogP contribution in [0.25, 0.3) is 0 Å². The lowest BCUT2D eigenvalue weighted by Gasteiger charge is -2.60. The van der Waals surface area contributed by atoms with Gasteiger partial charge >= 0.3 is 5.97 Å². The molecular weight excluding hydrogens is 272 g/mol. The molecule has 0 spiro atoms. The zero-order chi connectivity index (χ0) is 14.9. The number of fused-ring (bicyclic) bond motifs is 2. The van der Waals surface area contributed by atoms with E-state index in [9.17, 15) is 4.79 Å². The Morgan fingerprint density at radius 3 is 2.18 bits per heavy atom. The number of carbonyl (C=O) groups excluding carboxylic acids is 1. The summed E-state index contributed by atoms with van der Waals surface area (Å²) < 4.78 is 6.43. The van der Waals surface area contributed by atoms with Crippen molar-refractivity contribution in [1.29, 1.82) is 0 Å². The molecule has 0 aromatic rings. The molecule has 6 aliphatic carbocycles. The molecule has 0 amide bonds. The van der Waals surface area contributed by atoms with Crippen LogP contribution in [0.15, 0.2) is 12.2 Å². The standard InChI is InChI=1S/C20H28O2/c1-2-20(16-7-13-5-14(9-16)10-17(20)8-13)22-19(21)18-11-12-3-4-15(18)6-12/h3-4,12-18H,2,5-11H2,1H3/t12-,13?,14?,15+,16?,17?,18?,20?/m0/s1. The molecular formula is C20H28O2. The predicted molar refractivity (Wildman–Crippen MR) is 85.0 cm³/mol. The van der Waals surface area contributed by atoms with E-state index in [1.54, 1.807) is 0 Å². The van der Waals surface area contributed by atoms with Gasteiger partial charge in [0.25, 0.3) is 0 Å². The van der Waals surface area contributed by atoms with Crippen molar-refractivity contribution in [2.75, 3.05) is 0 Å². The molecule has 6 aliphatic rings. The molecule has 5 saturated carbocycles. The average Bonchev–Trinajstić information content (AvgIpc) is 3.13. The second-order valence-corrected chi connectivity index (χ2v) is 8.92. The summed E-state index contributed by atoms with van der Waals surface area (Å²) in [6, 6.07) is 0. The summed E-state index contributed by atoms with van der Waals surface area (Å²) in [6.45, 7) is 2.26. The van der Waals surface area contributed by atoms with Crippen LogP contribution in [0.1, 0.15) is 58.3 Å². The van der Waals surface area contributed by atoms with Gasteiger partial charge in [-0.15, -0.1) is 0 Å². The molecule has 0 aromatic heterocycles. The molecule has 1 unspecified atom stereocenters. The topological polar surface area (TPSA) is 26.3 Å². The van der Waals surface area contributed by atoms with Crippen LogP contribution in [-0.4, -0.2) is 11.6 Å². The highest BCUT2D eigenvalue weighted by molar-refractivity contribution is 5.74. The lowest BCUT2D eigenvalue weighted by Crippen LogP contribution is -2.59. The summed E-state index contributed by atoms with van der Waals surface area (Å²) in [5.41, 5.74) is -0.101.